The molecule has 1 saturated carbocycles. The number of nitrogens with one attached hydrogen (secondary N) is 2. The summed E-state index contributed by atoms with van der Waals surface area (Å²) in [6.45, 7) is 10.3. The summed E-state index contributed by atoms with van der Waals surface area (Å²) in [5.74, 6) is 1.59. The Labute approximate surface area is 194 Å². The van der Waals surface area contributed by atoms with Crippen molar-refractivity contribution in [2.75, 3.05) is 39.3 Å². The highest BCUT2D eigenvalue weighted by atomic mass is 127. The fourth-order valence-corrected chi connectivity index (χ4v) is 4.98. The minimum Gasteiger partial charge on any atom is -0.357 e. The number of halogens is 1. The first-order chi connectivity index (χ1) is 13.7. The lowest BCUT2D eigenvalue weighted by molar-refractivity contribution is -0.134. The molecule has 0 aromatic rings. The van der Waals surface area contributed by atoms with Gasteiger partial charge in [0.1, 0.15) is 0 Å². The van der Waals surface area contributed by atoms with Crippen molar-refractivity contribution in [2.45, 2.75) is 83.7 Å². The van der Waals surface area contributed by atoms with Crippen LogP contribution in [0, 0.1) is 5.92 Å². The number of aliphatic imine (C=N–C) groups is 1. The van der Waals surface area contributed by atoms with Crippen LogP contribution in [0.2, 0.25) is 0 Å². The first-order valence-electron chi connectivity index (χ1n) is 11.7. The van der Waals surface area contributed by atoms with Crippen LogP contribution in [0.15, 0.2) is 4.99 Å². The van der Waals surface area contributed by atoms with Gasteiger partial charge in [0.25, 0.3) is 0 Å². The minimum absolute atomic E-state index is 0. The molecule has 3 rings (SSSR count). The highest BCUT2D eigenvalue weighted by Crippen LogP contribution is 2.27. The van der Waals surface area contributed by atoms with E-state index in [1.807, 2.05) is 0 Å². The normalized spacial score (nSPS) is 26.4. The molecule has 0 bridgehead atoms. The standard InChI is InChI=1S/C22H41N5O.HI/c1-3-23-22(24-13-8-15-26-14-7-6-9-18(26)2)25-20-12-16-27(17-20)21(28)19-10-4-5-11-19;/h18-20H,3-17H2,1-2H3,(H2,23,24,25);1H. The first-order valence-corrected chi connectivity index (χ1v) is 11.7. The Morgan fingerprint density at radius 1 is 1.07 bits per heavy atom. The van der Waals surface area contributed by atoms with Gasteiger partial charge in [-0.05, 0) is 58.9 Å². The van der Waals surface area contributed by atoms with Gasteiger partial charge < -0.3 is 20.4 Å². The van der Waals surface area contributed by atoms with Crippen molar-refractivity contribution in [1.82, 2.24) is 20.4 Å². The highest BCUT2D eigenvalue weighted by Gasteiger charge is 2.32. The van der Waals surface area contributed by atoms with Gasteiger partial charge in [-0.2, -0.15) is 0 Å². The molecule has 6 nitrogen and oxygen atoms in total. The van der Waals surface area contributed by atoms with E-state index in [9.17, 15) is 4.79 Å². The fraction of sp³-hybridized carbons (Fsp3) is 0.909. The number of rotatable bonds is 7. The summed E-state index contributed by atoms with van der Waals surface area (Å²) in [7, 11) is 0. The molecule has 2 atom stereocenters. The van der Waals surface area contributed by atoms with Crippen LogP contribution in [-0.4, -0.2) is 73.0 Å². The molecule has 2 N–H and O–H groups in total. The van der Waals surface area contributed by atoms with Crippen molar-refractivity contribution in [3.63, 3.8) is 0 Å². The Kier molecular flexibility index (Phi) is 11.0. The van der Waals surface area contributed by atoms with Crippen molar-refractivity contribution in [1.29, 1.82) is 0 Å². The zero-order valence-corrected chi connectivity index (χ0v) is 20.8. The molecule has 0 aromatic carbocycles. The maximum absolute atomic E-state index is 12.6. The molecule has 3 fully saturated rings. The smallest absolute Gasteiger partial charge is 0.225 e. The van der Waals surface area contributed by atoms with E-state index in [2.05, 4.69) is 34.3 Å². The second-order valence-electron chi connectivity index (χ2n) is 8.89. The number of piperidine rings is 1. The molecule has 29 heavy (non-hydrogen) atoms. The van der Waals surface area contributed by atoms with Gasteiger partial charge in [0.2, 0.25) is 5.91 Å². The van der Waals surface area contributed by atoms with Gasteiger partial charge in [-0.3, -0.25) is 9.79 Å². The fourth-order valence-electron chi connectivity index (χ4n) is 4.98. The molecule has 1 aliphatic carbocycles. The molecule has 1 amide bonds. The van der Waals surface area contributed by atoms with Gasteiger partial charge in [0, 0.05) is 50.7 Å². The molecule has 0 radical (unpaired) electrons. The number of carbonyl (C=O) groups is 1. The van der Waals surface area contributed by atoms with Gasteiger partial charge in [-0.1, -0.05) is 19.3 Å². The number of hydrogen-bond donors (Lipinski definition) is 2. The summed E-state index contributed by atoms with van der Waals surface area (Å²) in [6, 6.07) is 1.05. The Bertz CT molecular complexity index is 523. The van der Waals surface area contributed by atoms with Gasteiger partial charge in [-0.25, -0.2) is 0 Å². The predicted molar refractivity (Wildman–Crippen MR) is 131 cm³/mol. The second-order valence-corrected chi connectivity index (χ2v) is 8.89. The summed E-state index contributed by atoms with van der Waals surface area (Å²) >= 11 is 0. The van der Waals surface area contributed by atoms with E-state index < -0.39 is 0 Å². The summed E-state index contributed by atoms with van der Waals surface area (Å²) in [6.07, 6.45) is 10.8. The maximum atomic E-state index is 12.6. The van der Waals surface area contributed by atoms with Crippen LogP contribution in [0.25, 0.3) is 0 Å². The second kappa shape index (κ2) is 13.0. The van der Waals surface area contributed by atoms with E-state index in [-0.39, 0.29) is 29.9 Å². The lowest BCUT2D eigenvalue weighted by atomic mass is 10.0. The third kappa shape index (κ3) is 7.56. The molecular weight excluding hydrogens is 477 g/mol. The molecule has 7 heteroatoms. The SMILES string of the molecule is CCNC(=NCCCN1CCCCC1C)NC1CCN(C(=O)C2CCCC2)C1.I. The molecule has 2 heterocycles. The first kappa shape index (κ1) is 24.7. The molecule has 168 valence electrons. The summed E-state index contributed by atoms with van der Waals surface area (Å²) in [5.41, 5.74) is 0. The van der Waals surface area contributed by atoms with E-state index in [1.165, 1.54) is 38.6 Å². The third-order valence-corrected chi connectivity index (χ3v) is 6.70. The molecule has 3 aliphatic rings. The monoisotopic (exact) mass is 519 g/mol. The lowest BCUT2D eigenvalue weighted by Gasteiger charge is -2.33. The largest absolute Gasteiger partial charge is 0.357 e. The number of hydrogen-bond acceptors (Lipinski definition) is 3. The van der Waals surface area contributed by atoms with Crippen molar-refractivity contribution in [3.8, 4) is 0 Å². The zero-order chi connectivity index (χ0) is 19.8. The van der Waals surface area contributed by atoms with Crippen LogP contribution in [-0.2, 0) is 4.79 Å². The Morgan fingerprint density at radius 3 is 2.55 bits per heavy atom. The Balaban J connectivity index is 0.00000300. The summed E-state index contributed by atoms with van der Waals surface area (Å²) in [4.78, 5) is 22.1. The van der Waals surface area contributed by atoms with E-state index in [1.54, 1.807) is 0 Å². The summed E-state index contributed by atoms with van der Waals surface area (Å²) in [5, 5.41) is 6.95. The van der Waals surface area contributed by atoms with Crippen LogP contribution in [0.5, 0.6) is 0 Å². The van der Waals surface area contributed by atoms with Crippen molar-refractivity contribution in [2.24, 2.45) is 10.9 Å². The quantitative estimate of drug-likeness (QED) is 0.235. The average molecular weight is 520 g/mol. The van der Waals surface area contributed by atoms with Crippen LogP contribution in [0.4, 0.5) is 0 Å². The van der Waals surface area contributed by atoms with Crippen molar-refractivity contribution < 1.29 is 4.79 Å². The van der Waals surface area contributed by atoms with Crippen LogP contribution in [0.3, 0.4) is 0 Å². The zero-order valence-electron chi connectivity index (χ0n) is 18.5. The number of likely N-dealkylation sites (tertiary alicyclic amines) is 2. The highest BCUT2D eigenvalue weighted by molar-refractivity contribution is 14.0. The van der Waals surface area contributed by atoms with E-state index in [4.69, 9.17) is 4.99 Å². The molecular formula is C22H42IN5O. The van der Waals surface area contributed by atoms with Crippen molar-refractivity contribution in [3.05, 3.63) is 0 Å². The molecule has 2 saturated heterocycles. The maximum Gasteiger partial charge on any atom is 0.225 e. The predicted octanol–water partition coefficient (Wildman–Crippen LogP) is 3.22. The van der Waals surface area contributed by atoms with E-state index >= 15 is 0 Å². The van der Waals surface area contributed by atoms with Crippen LogP contribution < -0.4 is 10.6 Å². The van der Waals surface area contributed by atoms with Crippen molar-refractivity contribution >= 4 is 35.8 Å². The number of amides is 1. The lowest BCUT2D eigenvalue weighted by Crippen LogP contribution is -2.45. The summed E-state index contributed by atoms with van der Waals surface area (Å²) < 4.78 is 0. The van der Waals surface area contributed by atoms with Gasteiger partial charge in [0.15, 0.2) is 5.96 Å². The van der Waals surface area contributed by atoms with Gasteiger partial charge in [0.05, 0.1) is 0 Å². The molecule has 2 unspecified atom stereocenters. The van der Waals surface area contributed by atoms with Crippen LogP contribution >= 0.6 is 24.0 Å². The van der Waals surface area contributed by atoms with Gasteiger partial charge >= 0.3 is 0 Å². The van der Waals surface area contributed by atoms with Crippen LogP contribution in [0.1, 0.15) is 71.6 Å². The minimum atomic E-state index is 0. The molecule has 0 spiro atoms. The number of carbonyl (C=O) groups excluding carboxylic acids is 1. The number of nitrogens with zero attached hydrogens (tertiary/aromatic N) is 3. The Morgan fingerprint density at radius 2 is 1.83 bits per heavy atom. The average Bonchev–Trinajstić information content (AvgIpc) is 3.38. The molecule has 0 aromatic heterocycles. The number of guanidine groups is 1. The van der Waals surface area contributed by atoms with Gasteiger partial charge in [-0.15, -0.1) is 24.0 Å². The Hall–Kier alpha value is -0.570. The topological polar surface area (TPSA) is 60.0 Å². The van der Waals surface area contributed by atoms with E-state index in [0.29, 0.717) is 11.9 Å². The van der Waals surface area contributed by atoms with E-state index in [0.717, 1.165) is 70.4 Å². The molecule has 2 aliphatic heterocycles. The third-order valence-electron chi connectivity index (χ3n) is 6.70.